The van der Waals surface area contributed by atoms with Crippen molar-refractivity contribution in [2.24, 2.45) is 11.8 Å². The van der Waals surface area contributed by atoms with Gasteiger partial charge in [-0.05, 0) is 24.1 Å². The van der Waals surface area contributed by atoms with Crippen LogP contribution in [0.25, 0.3) is 0 Å². The second-order valence-corrected chi connectivity index (χ2v) is 5.05. The average molecular weight is 298 g/mol. The van der Waals surface area contributed by atoms with Gasteiger partial charge in [-0.25, -0.2) is 0 Å². The fourth-order valence-electron chi connectivity index (χ4n) is 1.72. The van der Waals surface area contributed by atoms with E-state index in [4.69, 9.17) is 5.11 Å². The first kappa shape index (κ1) is 12.1. The highest BCUT2D eigenvalue weighted by molar-refractivity contribution is 9.10. The molecule has 0 spiro atoms. The molecule has 17 heavy (non-hydrogen) atoms. The van der Waals surface area contributed by atoms with E-state index >= 15 is 0 Å². The summed E-state index contributed by atoms with van der Waals surface area (Å²) in [6.45, 7) is 0.432. The Labute approximate surface area is 107 Å². The Morgan fingerprint density at radius 1 is 1.41 bits per heavy atom. The number of nitrogens with one attached hydrogen (secondary N) is 1. The lowest BCUT2D eigenvalue weighted by Crippen LogP contribution is -2.25. The van der Waals surface area contributed by atoms with Crippen LogP contribution in [0.4, 0.5) is 0 Å². The highest BCUT2D eigenvalue weighted by Gasteiger charge is 2.48. The zero-order valence-electron chi connectivity index (χ0n) is 9.02. The number of aliphatic carboxylic acids is 1. The highest BCUT2D eigenvalue weighted by Crippen LogP contribution is 2.38. The summed E-state index contributed by atoms with van der Waals surface area (Å²) in [7, 11) is 0. The largest absolute Gasteiger partial charge is 0.481 e. The molecule has 1 amide bonds. The van der Waals surface area contributed by atoms with E-state index in [1.165, 1.54) is 0 Å². The molecule has 1 aromatic carbocycles. The first-order chi connectivity index (χ1) is 8.08. The molecule has 0 aliphatic heterocycles. The fraction of sp³-hybridized carbons (Fsp3) is 0.333. The van der Waals surface area contributed by atoms with Gasteiger partial charge in [-0.15, -0.1) is 0 Å². The lowest BCUT2D eigenvalue weighted by molar-refractivity contribution is -0.140. The van der Waals surface area contributed by atoms with Crippen molar-refractivity contribution >= 4 is 27.8 Å². The minimum absolute atomic E-state index is 0.169. The van der Waals surface area contributed by atoms with Gasteiger partial charge in [0.25, 0.3) is 0 Å². The number of carbonyl (C=O) groups excluding carboxylic acids is 1. The van der Waals surface area contributed by atoms with Crippen LogP contribution in [-0.4, -0.2) is 17.0 Å². The Hall–Kier alpha value is -1.36. The first-order valence-electron chi connectivity index (χ1n) is 5.33. The summed E-state index contributed by atoms with van der Waals surface area (Å²) < 4.78 is 0.957. The summed E-state index contributed by atoms with van der Waals surface area (Å²) >= 11 is 3.35. The second-order valence-electron chi connectivity index (χ2n) is 4.13. The average Bonchev–Trinajstić information content (AvgIpc) is 3.06. The van der Waals surface area contributed by atoms with Crippen LogP contribution in [0.5, 0.6) is 0 Å². The summed E-state index contributed by atoms with van der Waals surface area (Å²) in [5.41, 5.74) is 0.986. The van der Waals surface area contributed by atoms with E-state index in [1.807, 2.05) is 24.3 Å². The van der Waals surface area contributed by atoms with E-state index < -0.39 is 11.9 Å². The maximum absolute atomic E-state index is 11.6. The highest BCUT2D eigenvalue weighted by atomic mass is 79.9. The van der Waals surface area contributed by atoms with E-state index in [-0.39, 0.29) is 11.8 Å². The van der Waals surface area contributed by atoms with Crippen LogP contribution in [0.1, 0.15) is 12.0 Å². The molecule has 1 aliphatic rings. The molecule has 4 nitrogen and oxygen atoms in total. The van der Waals surface area contributed by atoms with E-state index in [0.717, 1.165) is 10.0 Å². The third-order valence-electron chi connectivity index (χ3n) is 2.80. The standard InChI is InChI=1S/C12H12BrNO3/c13-8-3-1-2-7(4-8)6-14-11(15)9-5-10(9)12(16)17/h1-4,9-10H,5-6H2,(H,14,15)(H,16,17)/t9-,10+/m1/s1. The quantitative estimate of drug-likeness (QED) is 0.890. The Balaban J connectivity index is 1.83. The molecule has 1 aromatic rings. The molecule has 1 saturated carbocycles. The van der Waals surface area contributed by atoms with Crippen LogP contribution in [0.3, 0.4) is 0 Å². The Kier molecular flexibility index (Phi) is 3.47. The van der Waals surface area contributed by atoms with Gasteiger partial charge >= 0.3 is 5.97 Å². The lowest BCUT2D eigenvalue weighted by atomic mass is 10.2. The lowest BCUT2D eigenvalue weighted by Gasteiger charge is -2.04. The number of rotatable bonds is 4. The Bertz CT molecular complexity index is 461. The smallest absolute Gasteiger partial charge is 0.307 e. The van der Waals surface area contributed by atoms with Crippen molar-refractivity contribution in [3.8, 4) is 0 Å². The summed E-state index contributed by atoms with van der Waals surface area (Å²) in [5, 5.41) is 11.5. The Morgan fingerprint density at radius 3 is 2.76 bits per heavy atom. The van der Waals surface area contributed by atoms with Crippen LogP contribution in [-0.2, 0) is 16.1 Å². The molecule has 1 aliphatic carbocycles. The Morgan fingerprint density at radius 2 is 2.18 bits per heavy atom. The normalized spacial score (nSPS) is 21.9. The molecular weight excluding hydrogens is 286 g/mol. The number of hydrogen-bond donors (Lipinski definition) is 2. The van der Waals surface area contributed by atoms with E-state index in [2.05, 4.69) is 21.2 Å². The number of carbonyl (C=O) groups is 2. The van der Waals surface area contributed by atoms with Crippen molar-refractivity contribution in [3.05, 3.63) is 34.3 Å². The van der Waals surface area contributed by atoms with Gasteiger partial charge in [0, 0.05) is 11.0 Å². The van der Waals surface area contributed by atoms with E-state index in [0.29, 0.717) is 13.0 Å². The second kappa shape index (κ2) is 4.87. The van der Waals surface area contributed by atoms with Gasteiger partial charge in [0.1, 0.15) is 0 Å². The van der Waals surface area contributed by atoms with Gasteiger partial charge in [-0.1, -0.05) is 28.1 Å². The number of hydrogen-bond acceptors (Lipinski definition) is 2. The third kappa shape index (κ3) is 3.06. The zero-order chi connectivity index (χ0) is 12.4. The molecule has 2 atom stereocenters. The van der Waals surface area contributed by atoms with Crippen molar-refractivity contribution in [2.75, 3.05) is 0 Å². The number of benzene rings is 1. The molecule has 2 N–H and O–H groups in total. The van der Waals surface area contributed by atoms with Crippen LogP contribution >= 0.6 is 15.9 Å². The van der Waals surface area contributed by atoms with Gasteiger partial charge in [0.05, 0.1) is 11.8 Å². The van der Waals surface area contributed by atoms with Crippen LogP contribution < -0.4 is 5.32 Å². The zero-order valence-corrected chi connectivity index (χ0v) is 10.6. The summed E-state index contributed by atoms with van der Waals surface area (Å²) in [6, 6.07) is 7.63. The van der Waals surface area contributed by atoms with Gasteiger partial charge in [-0.2, -0.15) is 0 Å². The van der Waals surface area contributed by atoms with E-state index in [9.17, 15) is 9.59 Å². The minimum Gasteiger partial charge on any atom is -0.481 e. The van der Waals surface area contributed by atoms with Gasteiger partial charge in [-0.3, -0.25) is 9.59 Å². The molecule has 1 fully saturated rings. The van der Waals surface area contributed by atoms with Gasteiger partial charge in [0.15, 0.2) is 0 Å². The predicted molar refractivity (Wildman–Crippen MR) is 65.2 cm³/mol. The molecule has 0 radical (unpaired) electrons. The predicted octanol–water partition coefficient (Wildman–Crippen LogP) is 1.79. The molecule has 2 rings (SSSR count). The monoisotopic (exact) mass is 297 g/mol. The number of halogens is 1. The molecule has 90 valence electrons. The number of amides is 1. The van der Waals surface area contributed by atoms with Crippen LogP contribution in [0.2, 0.25) is 0 Å². The molecule has 0 heterocycles. The van der Waals surface area contributed by atoms with Crippen molar-refractivity contribution in [1.82, 2.24) is 5.32 Å². The van der Waals surface area contributed by atoms with Crippen molar-refractivity contribution in [1.29, 1.82) is 0 Å². The maximum atomic E-state index is 11.6. The fourth-order valence-corrected chi connectivity index (χ4v) is 2.17. The van der Waals surface area contributed by atoms with Gasteiger partial charge < -0.3 is 10.4 Å². The first-order valence-corrected chi connectivity index (χ1v) is 6.12. The molecule has 0 unspecified atom stereocenters. The van der Waals surface area contributed by atoms with Crippen molar-refractivity contribution in [2.45, 2.75) is 13.0 Å². The molecular formula is C12H12BrNO3. The SMILES string of the molecule is O=C(O)[C@H]1C[C@H]1C(=O)NCc1cccc(Br)c1. The third-order valence-corrected chi connectivity index (χ3v) is 3.29. The van der Waals surface area contributed by atoms with Crippen LogP contribution in [0, 0.1) is 11.8 Å². The topological polar surface area (TPSA) is 66.4 Å². The number of carboxylic acid groups (broad SMARTS) is 1. The van der Waals surface area contributed by atoms with Crippen molar-refractivity contribution < 1.29 is 14.7 Å². The van der Waals surface area contributed by atoms with Crippen LogP contribution in [0.15, 0.2) is 28.7 Å². The molecule has 5 heteroatoms. The maximum Gasteiger partial charge on any atom is 0.307 e. The van der Waals surface area contributed by atoms with E-state index in [1.54, 1.807) is 0 Å². The summed E-state index contributed by atoms with van der Waals surface area (Å²) in [4.78, 5) is 22.2. The molecule has 0 bridgehead atoms. The summed E-state index contributed by atoms with van der Waals surface area (Å²) in [6.07, 6.45) is 0.458. The van der Waals surface area contributed by atoms with Gasteiger partial charge in [0.2, 0.25) is 5.91 Å². The van der Waals surface area contributed by atoms with Crippen molar-refractivity contribution in [3.63, 3.8) is 0 Å². The minimum atomic E-state index is -0.882. The molecule has 0 aromatic heterocycles. The molecule has 0 saturated heterocycles. The summed E-state index contributed by atoms with van der Waals surface area (Å²) in [5.74, 6) is -1.89. The number of carboxylic acids is 1.